The first-order valence-corrected chi connectivity index (χ1v) is 18.4. The summed E-state index contributed by atoms with van der Waals surface area (Å²) in [4.78, 5) is 85.7. The number of nitrogens with one attached hydrogen (secondary N) is 1. The van der Waals surface area contributed by atoms with Crippen molar-refractivity contribution in [1.82, 2.24) is 15.1 Å². The van der Waals surface area contributed by atoms with E-state index in [0.717, 1.165) is 45.4 Å². The first-order valence-electron chi connectivity index (χ1n) is 18.4. The highest BCUT2D eigenvalue weighted by Gasteiger charge is 2.52. The van der Waals surface area contributed by atoms with E-state index in [1.165, 1.54) is 11.0 Å². The third-order valence-corrected chi connectivity index (χ3v) is 10.2. The Morgan fingerprint density at radius 1 is 0.962 bits per heavy atom. The number of likely N-dealkylation sites (tertiary alicyclic amines) is 1. The molecule has 2 aliphatic rings. The summed E-state index contributed by atoms with van der Waals surface area (Å²) >= 11 is 0. The molecule has 12 nitrogen and oxygen atoms in total. The molecule has 4 atom stereocenters. The van der Waals surface area contributed by atoms with E-state index in [2.05, 4.69) is 5.32 Å². The van der Waals surface area contributed by atoms with Gasteiger partial charge in [-0.3, -0.25) is 33.7 Å². The molecule has 7 N–H and O–H groups in total. The number of benzene rings is 2. The molecular weight excluding hydrogens is 660 g/mol. The molecule has 2 fully saturated rings. The van der Waals surface area contributed by atoms with Gasteiger partial charge in [0.25, 0.3) is 5.91 Å². The van der Waals surface area contributed by atoms with E-state index in [1.807, 2.05) is 0 Å². The smallest absolute Gasteiger partial charge is 0.253 e. The summed E-state index contributed by atoms with van der Waals surface area (Å²) in [5.74, 6) is -3.64. The van der Waals surface area contributed by atoms with E-state index in [0.29, 0.717) is 54.8 Å². The highest BCUT2D eigenvalue weighted by atomic mass is 16.2. The fourth-order valence-corrected chi connectivity index (χ4v) is 7.47. The van der Waals surface area contributed by atoms with E-state index in [9.17, 15) is 28.8 Å². The van der Waals surface area contributed by atoms with Crippen molar-refractivity contribution in [3.63, 3.8) is 0 Å². The number of hydrogen-bond donors (Lipinski definition) is 4. The Labute approximate surface area is 306 Å². The van der Waals surface area contributed by atoms with E-state index in [1.54, 1.807) is 66.9 Å². The number of carbonyl (C=O) groups excluding carboxylic acids is 6. The number of Topliss-reactive ketones (excluding diaryl/α,β-unsaturated/α-hetero) is 1. The predicted octanol–water partition coefficient (Wildman–Crippen LogP) is 2.92. The Bertz CT molecular complexity index is 1580. The molecule has 1 radical (unpaired) electrons. The zero-order chi connectivity index (χ0) is 37.7. The molecule has 1 aliphatic carbocycles. The first kappa shape index (κ1) is 40.1. The van der Waals surface area contributed by atoms with Crippen molar-refractivity contribution in [2.45, 2.75) is 108 Å². The Morgan fingerprint density at radius 3 is 2.23 bits per heavy atom. The number of nitrogens with zero attached hydrogens (tertiary/aromatic N) is 2. The molecule has 4 rings (SSSR count). The topological polar surface area (TPSA) is 199 Å². The average molecular weight is 714 g/mol. The van der Waals surface area contributed by atoms with Gasteiger partial charge in [0, 0.05) is 19.9 Å². The van der Waals surface area contributed by atoms with Crippen LogP contribution in [0.5, 0.6) is 0 Å². The lowest BCUT2D eigenvalue weighted by atomic mass is 9.81. The molecule has 4 amide bonds. The molecular formula is C40H53N6O6. The van der Waals surface area contributed by atoms with Crippen LogP contribution in [0.15, 0.2) is 66.4 Å². The molecule has 1 saturated carbocycles. The zero-order valence-corrected chi connectivity index (χ0v) is 30.1. The molecule has 279 valence electrons. The number of nitrogens with two attached hydrogens (primary N) is 3. The summed E-state index contributed by atoms with van der Waals surface area (Å²) in [5.41, 5.74) is 16.4. The summed E-state index contributed by atoms with van der Waals surface area (Å²) in [6, 6.07) is 14.3. The van der Waals surface area contributed by atoms with Gasteiger partial charge in [-0.2, -0.15) is 0 Å². The summed E-state index contributed by atoms with van der Waals surface area (Å²) in [6.07, 6.45) is 10.3. The van der Waals surface area contributed by atoms with E-state index in [4.69, 9.17) is 17.2 Å². The maximum Gasteiger partial charge on any atom is 0.253 e. The van der Waals surface area contributed by atoms with Crippen LogP contribution in [-0.2, 0) is 35.2 Å². The van der Waals surface area contributed by atoms with Gasteiger partial charge < -0.3 is 27.4 Å². The number of hydrogen-bond acceptors (Lipinski definition) is 9. The van der Waals surface area contributed by atoms with Gasteiger partial charge in [0.1, 0.15) is 12.1 Å². The van der Waals surface area contributed by atoms with Crippen LogP contribution in [0.2, 0.25) is 0 Å². The zero-order valence-electron chi connectivity index (χ0n) is 30.1. The summed E-state index contributed by atoms with van der Waals surface area (Å²) in [6.45, 7) is 1.92. The quantitative estimate of drug-likeness (QED) is 0.108. The standard InChI is InChI=1S/C40H53N6O6/c1-28(48)46(40(27-47,26-31-18-9-4-10-19-31)36(49)33(43)24-29-14-5-2-6-15-29)39(52)34(25-30-16-7-3-8-17-30)44-37(50)35-21-13-23-45(35)38(51)32(42)20-11-12-22-41/h2,4-6,9-10,14-15,18-19,24,30,32,34-35H,3,7-8,11-13,16-17,20-23,25-26,41-43H2,1H3,(H,44,50)/b33-24-/t32-,34+,35-,40-/m0/s1. The first-order chi connectivity index (χ1) is 25.0. The lowest BCUT2D eigenvalue weighted by Crippen LogP contribution is -2.66. The van der Waals surface area contributed by atoms with E-state index in [-0.39, 0.29) is 30.4 Å². The van der Waals surface area contributed by atoms with Crippen molar-refractivity contribution in [2.75, 3.05) is 13.1 Å². The summed E-state index contributed by atoms with van der Waals surface area (Å²) in [5, 5.41) is 2.86. The lowest BCUT2D eigenvalue weighted by molar-refractivity contribution is -0.155. The highest BCUT2D eigenvalue weighted by Crippen LogP contribution is 2.31. The Kier molecular flexibility index (Phi) is 14.8. The van der Waals surface area contributed by atoms with Crippen LogP contribution in [0.4, 0.5) is 0 Å². The van der Waals surface area contributed by atoms with Crippen LogP contribution < -0.4 is 22.5 Å². The molecule has 0 spiro atoms. The fraction of sp³-hybridized carbons (Fsp3) is 0.500. The second kappa shape index (κ2) is 19.2. The van der Waals surface area contributed by atoms with Crippen molar-refractivity contribution in [3.05, 3.63) is 77.5 Å². The van der Waals surface area contributed by atoms with Crippen LogP contribution in [0.25, 0.3) is 6.08 Å². The summed E-state index contributed by atoms with van der Waals surface area (Å²) in [7, 11) is 0. The molecule has 0 unspecified atom stereocenters. The largest absolute Gasteiger partial charge is 0.396 e. The minimum atomic E-state index is -2.49. The Hall–Kier alpha value is -4.68. The van der Waals surface area contributed by atoms with Gasteiger partial charge in [-0.1, -0.05) is 99.2 Å². The number of rotatable bonds is 17. The minimum absolute atomic E-state index is 0.0385. The van der Waals surface area contributed by atoms with Gasteiger partial charge in [0.05, 0.1) is 11.7 Å². The molecule has 2 aromatic rings. The van der Waals surface area contributed by atoms with Gasteiger partial charge in [-0.05, 0) is 61.8 Å². The van der Waals surface area contributed by atoms with E-state index >= 15 is 0 Å². The second-order valence-electron chi connectivity index (χ2n) is 14.0. The molecule has 1 heterocycles. The van der Waals surface area contributed by atoms with Crippen molar-refractivity contribution in [1.29, 1.82) is 0 Å². The normalized spacial score (nSPS) is 18.9. The van der Waals surface area contributed by atoms with Crippen molar-refractivity contribution in [3.8, 4) is 0 Å². The molecule has 0 bridgehead atoms. The van der Waals surface area contributed by atoms with Crippen LogP contribution in [0.1, 0.15) is 88.7 Å². The minimum Gasteiger partial charge on any atom is -0.396 e. The monoisotopic (exact) mass is 713 g/mol. The average Bonchev–Trinajstić information content (AvgIpc) is 3.65. The van der Waals surface area contributed by atoms with Crippen LogP contribution in [0.3, 0.4) is 0 Å². The molecule has 12 heteroatoms. The van der Waals surface area contributed by atoms with Crippen LogP contribution in [-0.4, -0.2) is 82.3 Å². The number of amides is 4. The molecule has 0 aromatic heterocycles. The van der Waals surface area contributed by atoms with Crippen LogP contribution in [0, 0.1) is 5.92 Å². The van der Waals surface area contributed by atoms with Crippen LogP contribution >= 0.6 is 0 Å². The van der Waals surface area contributed by atoms with Crippen molar-refractivity contribution >= 4 is 41.8 Å². The third-order valence-electron chi connectivity index (χ3n) is 10.2. The van der Waals surface area contributed by atoms with Gasteiger partial charge in [0.15, 0.2) is 5.54 Å². The molecule has 2 aromatic carbocycles. The van der Waals surface area contributed by atoms with E-state index < -0.39 is 47.2 Å². The molecule has 1 aliphatic heterocycles. The van der Waals surface area contributed by atoms with Crippen molar-refractivity contribution in [2.24, 2.45) is 23.1 Å². The number of ketones is 1. The Balaban J connectivity index is 1.72. The van der Waals surface area contributed by atoms with Gasteiger partial charge in [0.2, 0.25) is 29.8 Å². The fourth-order valence-electron chi connectivity index (χ4n) is 7.47. The number of carbonyl (C=O) groups is 5. The van der Waals surface area contributed by atoms with Gasteiger partial charge >= 0.3 is 0 Å². The van der Waals surface area contributed by atoms with Crippen molar-refractivity contribution < 1.29 is 28.8 Å². The summed E-state index contributed by atoms with van der Waals surface area (Å²) < 4.78 is 0. The number of imide groups is 1. The maximum atomic E-state index is 14.8. The number of unbranched alkanes of at least 4 members (excludes halogenated alkanes) is 1. The SMILES string of the molecule is CC(=O)N(C(=O)[C@@H](CC1CCCCC1)NC(=O)[C@@H]1CCCN1C(=O)[C@@H](N)CCCCN)[C@]([C]=O)(Cc1ccccc1)C(=O)/C(N)=C/c1ccccc1. The third kappa shape index (κ3) is 10.0. The van der Waals surface area contributed by atoms with Gasteiger partial charge in [-0.15, -0.1) is 0 Å². The predicted molar refractivity (Wildman–Crippen MR) is 198 cm³/mol. The highest BCUT2D eigenvalue weighted by molar-refractivity contribution is 6.19. The maximum absolute atomic E-state index is 14.8. The lowest BCUT2D eigenvalue weighted by Gasteiger charge is -2.39. The second-order valence-corrected chi connectivity index (χ2v) is 14.0. The van der Waals surface area contributed by atoms with Gasteiger partial charge in [-0.25, -0.2) is 0 Å². The molecule has 1 saturated heterocycles. The molecule has 52 heavy (non-hydrogen) atoms. The Morgan fingerprint density at radius 2 is 1.62 bits per heavy atom.